The third-order valence-electron chi connectivity index (χ3n) is 5.17. The fourth-order valence-electron chi connectivity index (χ4n) is 3.89. The first kappa shape index (κ1) is 19.6. The zero-order valence-corrected chi connectivity index (χ0v) is 16.3. The van der Waals surface area contributed by atoms with E-state index < -0.39 is 35.5 Å². The number of carbonyl (C=O) groups is 4. The van der Waals surface area contributed by atoms with Crippen molar-refractivity contribution in [1.29, 1.82) is 0 Å². The zero-order chi connectivity index (χ0) is 21.6. The van der Waals surface area contributed by atoms with Crippen LogP contribution >= 0.6 is 0 Å². The number of esters is 2. The molecular formula is C22H18O8. The SMILES string of the molecule is CCOC(=O)C1CC2C(=O)c3c(c(OC(C)=O)c4ccccc4c3O)C(=O)C2=CO1. The van der Waals surface area contributed by atoms with Gasteiger partial charge in [0.25, 0.3) is 0 Å². The monoisotopic (exact) mass is 410 g/mol. The lowest BCUT2D eigenvalue weighted by atomic mass is 9.73. The molecule has 0 aromatic heterocycles. The third-order valence-corrected chi connectivity index (χ3v) is 5.17. The van der Waals surface area contributed by atoms with Gasteiger partial charge < -0.3 is 19.3 Å². The summed E-state index contributed by atoms with van der Waals surface area (Å²) in [5, 5.41) is 11.4. The highest BCUT2D eigenvalue weighted by atomic mass is 16.6. The van der Waals surface area contributed by atoms with Crippen molar-refractivity contribution in [2.75, 3.05) is 6.61 Å². The van der Waals surface area contributed by atoms with Crippen LogP contribution in [0.4, 0.5) is 0 Å². The Morgan fingerprint density at radius 2 is 1.87 bits per heavy atom. The van der Waals surface area contributed by atoms with Gasteiger partial charge >= 0.3 is 11.9 Å². The summed E-state index contributed by atoms with van der Waals surface area (Å²) in [5.74, 6) is -3.90. The largest absolute Gasteiger partial charge is 0.507 e. The normalized spacial score (nSPS) is 20.0. The third kappa shape index (κ3) is 2.92. The number of Topliss-reactive ketones (excluding diaryl/α,β-unsaturated/α-hetero) is 2. The number of phenols is 1. The van der Waals surface area contributed by atoms with Crippen molar-refractivity contribution in [3.8, 4) is 11.5 Å². The maximum atomic E-state index is 13.3. The van der Waals surface area contributed by atoms with Crippen molar-refractivity contribution in [3.05, 3.63) is 47.2 Å². The van der Waals surface area contributed by atoms with Gasteiger partial charge in [-0.1, -0.05) is 24.3 Å². The molecule has 0 radical (unpaired) electrons. The van der Waals surface area contributed by atoms with Crippen LogP contribution in [0.2, 0.25) is 0 Å². The summed E-state index contributed by atoms with van der Waals surface area (Å²) in [6, 6.07) is 6.45. The summed E-state index contributed by atoms with van der Waals surface area (Å²) < 4.78 is 15.6. The molecule has 0 saturated carbocycles. The van der Waals surface area contributed by atoms with Crippen LogP contribution in [0.3, 0.4) is 0 Å². The average molecular weight is 410 g/mol. The Bertz CT molecular complexity index is 1140. The first-order valence-electron chi connectivity index (χ1n) is 9.42. The summed E-state index contributed by atoms with van der Waals surface area (Å²) in [7, 11) is 0. The topological polar surface area (TPSA) is 116 Å². The van der Waals surface area contributed by atoms with Gasteiger partial charge in [-0.2, -0.15) is 0 Å². The number of aromatic hydroxyl groups is 1. The van der Waals surface area contributed by atoms with Gasteiger partial charge in [0.05, 0.1) is 29.9 Å². The number of carbonyl (C=O) groups excluding carboxylic acids is 4. The van der Waals surface area contributed by atoms with E-state index in [0.29, 0.717) is 5.39 Å². The maximum Gasteiger partial charge on any atom is 0.347 e. The summed E-state index contributed by atoms with van der Waals surface area (Å²) in [4.78, 5) is 50.4. The number of allylic oxidation sites excluding steroid dienone is 1. The van der Waals surface area contributed by atoms with Gasteiger partial charge in [-0.25, -0.2) is 4.79 Å². The number of phenolic OH excluding ortho intramolecular Hbond substituents is 1. The number of ketones is 2. The van der Waals surface area contributed by atoms with Gasteiger partial charge in [0, 0.05) is 29.7 Å². The molecule has 2 unspecified atom stereocenters. The van der Waals surface area contributed by atoms with Crippen molar-refractivity contribution in [1.82, 2.24) is 0 Å². The number of fused-ring (bicyclic) bond motifs is 3. The van der Waals surface area contributed by atoms with E-state index >= 15 is 0 Å². The van der Waals surface area contributed by atoms with Gasteiger partial charge in [0.2, 0.25) is 0 Å². The highest BCUT2D eigenvalue weighted by Gasteiger charge is 2.46. The molecule has 0 saturated heterocycles. The summed E-state index contributed by atoms with van der Waals surface area (Å²) in [6.45, 7) is 2.97. The Morgan fingerprint density at radius 1 is 1.17 bits per heavy atom. The zero-order valence-electron chi connectivity index (χ0n) is 16.3. The van der Waals surface area contributed by atoms with E-state index in [4.69, 9.17) is 14.2 Å². The lowest BCUT2D eigenvalue weighted by Crippen LogP contribution is -2.39. The molecule has 2 aliphatic rings. The minimum absolute atomic E-state index is 0.0381. The molecule has 1 N–H and O–H groups in total. The molecular weight excluding hydrogens is 392 g/mol. The van der Waals surface area contributed by atoms with Crippen LogP contribution in [-0.4, -0.2) is 41.3 Å². The molecule has 1 aliphatic carbocycles. The Hall–Kier alpha value is -3.68. The molecule has 2 aromatic rings. The number of benzene rings is 2. The number of hydrogen-bond donors (Lipinski definition) is 1. The first-order valence-corrected chi connectivity index (χ1v) is 9.42. The summed E-state index contributed by atoms with van der Waals surface area (Å²) >= 11 is 0. The van der Waals surface area contributed by atoms with E-state index in [2.05, 4.69) is 0 Å². The predicted octanol–water partition coefficient (Wildman–Crippen LogP) is 2.70. The minimum atomic E-state index is -1.03. The molecule has 2 atom stereocenters. The van der Waals surface area contributed by atoms with Crippen LogP contribution in [0.25, 0.3) is 10.8 Å². The first-order chi connectivity index (χ1) is 14.3. The van der Waals surface area contributed by atoms with E-state index in [1.165, 1.54) is 6.92 Å². The van der Waals surface area contributed by atoms with Crippen LogP contribution in [-0.2, 0) is 19.1 Å². The second kappa shape index (κ2) is 7.29. The second-order valence-corrected chi connectivity index (χ2v) is 7.00. The van der Waals surface area contributed by atoms with Crippen molar-refractivity contribution in [2.45, 2.75) is 26.4 Å². The van der Waals surface area contributed by atoms with Gasteiger partial charge in [-0.3, -0.25) is 14.4 Å². The molecule has 8 nitrogen and oxygen atoms in total. The highest BCUT2D eigenvalue weighted by molar-refractivity contribution is 6.28. The molecule has 2 aromatic carbocycles. The van der Waals surface area contributed by atoms with Crippen molar-refractivity contribution >= 4 is 34.3 Å². The number of hydrogen-bond acceptors (Lipinski definition) is 8. The Labute approximate surface area is 171 Å². The average Bonchev–Trinajstić information content (AvgIpc) is 2.73. The van der Waals surface area contributed by atoms with Crippen LogP contribution in [0.1, 0.15) is 41.0 Å². The van der Waals surface area contributed by atoms with E-state index in [0.717, 1.165) is 6.26 Å². The smallest absolute Gasteiger partial charge is 0.347 e. The molecule has 0 bridgehead atoms. The molecule has 0 spiro atoms. The van der Waals surface area contributed by atoms with E-state index in [1.807, 2.05) is 0 Å². The van der Waals surface area contributed by atoms with Crippen LogP contribution in [0, 0.1) is 5.92 Å². The molecule has 30 heavy (non-hydrogen) atoms. The lowest BCUT2D eigenvalue weighted by Gasteiger charge is -2.32. The second-order valence-electron chi connectivity index (χ2n) is 7.00. The molecule has 8 heteroatoms. The van der Waals surface area contributed by atoms with Crippen molar-refractivity contribution in [3.63, 3.8) is 0 Å². The standard InChI is InChI=1S/C22H18O8/c1-3-28-22(27)15-8-13-14(9-29-15)20(26)17-16(19(13)25)18(24)11-6-4-5-7-12(11)21(17)30-10(2)23/h4-7,9,13,15,24H,3,8H2,1-2H3. The van der Waals surface area contributed by atoms with Gasteiger partial charge in [-0.15, -0.1) is 0 Å². The molecule has 0 amide bonds. The summed E-state index contributed by atoms with van der Waals surface area (Å²) in [5.41, 5.74) is -0.371. The fraction of sp³-hybridized carbons (Fsp3) is 0.273. The molecule has 4 rings (SSSR count). The highest BCUT2D eigenvalue weighted by Crippen LogP contribution is 2.47. The minimum Gasteiger partial charge on any atom is -0.507 e. The Kier molecular flexibility index (Phi) is 4.77. The molecule has 154 valence electrons. The predicted molar refractivity (Wildman–Crippen MR) is 103 cm³/mol. The molecule has 0 fully saturated rings. The fourth-order valence-corrected chi connectivity index (χ4v) is 3.89. The van der Waals surface area contributed by atoms with E-state index in [9.17, 15) is 24.3 Å². The quantitative estimate of drug-likeness (QED) is 0.606. The van der Waals surface area contributed by atoms with E-state index in [-0.39, 0.29) is 46.6 Å². The molecule has 1 aliphatic heterocycles. The Balaban J connectivity index is 1.92. The van der Waals surface area contributed by atoms with Crippen molar-refractivity contribution in [2.24, 2.45) is 5.92 Å². The number of rotatable bonds is 3. The molecule has 1 heterocycles. The van der Waals surface area contributed by atoms with Crippen LogP contribution in [0.5, 0.6) is 11.5 Å². The van der Waals surface area contributed by atoms with Gasteiger partial charge in [-0.05, 0) is 6.92 Å². The number of ether oxygens (including phenoxy) is 3. The van der Waals surface area contributed by atoms with E-state index in [1.54, 1.807) is 31.2 Å². The summed E-state index contributed by atoms with van der Waals surface area (Å²) in [6.07, 6.45) is -0.0421. The Morgan fingerprint density at radius 3 is 2.53 bits per heavy atom. The van der Waals surface area contributed by atoms with Crippen LogP contribution in [0.15, 0.2) is 36.1 Å². The van der Waals surface area contributed by atoms with Crippen LogP contribution < -0.4 is 4.74 Å². The lowest BCUT2D eigenvalue weighted by molar-refractivity contribution is -0.154. The van der Waals surface area contributed by atoms with Gasteiger partial charge in [0.15, 0.2) is 23.4 Å². The van der Waals surface area contributed by atoms with Crippen molar-refractivity contribution < 1.29 is 38.5 Å². The van der Waals surface area contributed by atoms with Gasteiger partial charge in [0.1, 0.15) is 5.75 Å². The maximum absolute atomic E-state index is 13.3.